The molecule has 0 unspecified atom stereocenters. The molecule has 1 rings (SSSR count). The van der Waals surface area contributed by atoms with Crippen molar-refractivity contribution in [3.63, 3.8) is 0 Å². The van der Waals surface area contributed by atoms with Crippen molar-refractivity contribution >= 4 is 33.7 Å². The van der Waals surface area contributed by atoms with E-state index in [2.05, 4.69) is 26.6 Å². The lowest BCUT2D eigenvalue weighted by Gasteiger charge is -2.24. The summed E-state index contributed by atoms with van der Waals surface area (Å²) in [4.78, 5) is 35.8. The molecule has 2 amide bonds. The second-order valence-corrected chi connectivity index (χ2v) is 6.76. The summed E-state index contributed by atoms with van der Waals surface area (Å²) in [6.07, 6.45) is 0.294. The number of methoxy groups -OCH3 is 1. The molecule has 2 N–H and O–H groups in total. The standard InChI is InChI=1S/C17H23BrN2O4/c1-10(2)15(19-11(3)21)16(22)20-14(17(23)24-4)9-12-6-5-7-13(18)8-12/h5-8,10,14-15H,9H2,1-4H3,(H,19,21)(H,20,22)/t14-,15-/m1/s1. The van der Waals surface area contributed by atoms with E-state index in [0.29, 0.717) is 6.42 Å². The van der Waals surface area contributed by atoms with E-state index in [1.54, 1.807) is 0 Å². The van der Waals surface area contributed by atoms with Gasteiger partial charge in [-0.2, -0.15) is 0 Å². The number of halogens is 1. The molecule has 0 aromatic heterocycles. The lowest BCUT2D eigenvalue weighted by Crippen LogP contribution is -2.54. The Balaban J connectivity index is 2.90. The Kier molecular flexibility index (Phi) is 7.91. The number of benzene rings is 1. The minimum atomic E-state index is -0.827. The summed E-state index contributed by atoms with van der Waals surface area (Å²) in [7, 11) is 1.27. The smallest absolute Gasteiger partial charge is 0.328 e. The second kappa shape index (κ2) is 9.42. The van der Waals surface area contributed by atoms with Crippen LogP contribution in [0.25, 0.3) is 0 Å². The Bertz CT molecular complexity index is 604. The monoisotopic (exact) mass is 398 g/mol. The van der Waals surface area contributed by atoms with Gasteiger partial charge in [0, 0.05) is 17.8 Å². The zero-order chi connectivity index (χ0) is 18.3. The molecule has 7 heteroatoms. The third-order valence-electron chi connectivity index (χ3n) is 3.44. The summed E-state index contributed by atoms with van der Waals surface area (Å²) in [5.41, 5.74) is 0.876. The highest BCUT2D eigenvalue weighted by Gasteiger charge is 2.28. The molecule has 0 aliphatic rings. The molecule has 0 aliphatic heterocycles. The molecular formula is C17H23BrN2O4. The average molecular weight is 399 g/mol. The lowest BCUT2D eigenvalue weighted by atomic mass is 10.0. The molecule has 0 fully saturated rings. The molecule has 1 aromatic carbocycles. The summed E-state index contributed by atoms with van der Waals surface area (Å²) < 4.78 is 5.67. The van der Waals surface area contributed by atoms with Crippen molar-refractivity contribution in [1.29, 1.82) is 0 Å². The summed E-state index contributed by atoms with van der Waals surface area (Å²) in [5, 5.41) is 5.28. The van der Waals surface area contributed by atoms with E-state index in [0.717, 1.165) is 10.0 Å². The van der Waals surface area contributed by atoms with Crippen molar-refractivity contribution in [3.05, 3.63) is 34.3 Å². The molecule has 0 saturated carbocycles. The fourth-order valence-corrected chi connectivity index (χ4v) is 2.70. The summed E-state index contributed by atoms with van der Waals surface area (Å²) in [6, 6.07) is 5.92. The van der Waals surface area contributed by atoms with Gasteiger partial charge in [0.05, 0.1) is 7.11 Å². The van der Waals surface area contributed by atoms with E-state index in [-0.39, 0.29) is 11.8 Å². The first-order valence-corrected chi connectivity index (χ1v) is 8.43. The molecular weight excluding hydrogens is 376 g/mol. The van der Waals surface area contributed by atoms with Crippen molar-refractivity contribution in [1.82, 2.24) is 10.6 Å². The minimum absolute atomic E-state index is 0.113. The van der Waals surface area contributed by atoms with Gasteiger partial charge in [-0.1, -0.05) is 41.9 Å². The van der Waals surface area contributed by atoms with Crippen molar-refractivity contribution in [3.8, 4) is 0 Å². The van der Waals surface area contributed by atoms with Gasteiger partial charge in [0.2, 0.25) is 11.8 Å². The van der Waals surface area contributed by atoms with Gasteiger partial charge in [0.15, 0.2) is 0 Å². The third kappa shape index (κ3) is 6.31. The van der Waals surface area contributed by atoms with Gasteiger partial charge in [-0.15, -0.1) is 0 Å². The maximum absolute atomic E-state index is 12.5. The van der Waals surface area contributed by atoms with Crippen LogP contribution in [-0.4, -0.2) is 37.0 Å². The highest BCUT2D eigenvalue weighted by molar-refractivity contribution is 9.10. The number of carbonyl (C=O) groups excluding carboxylic acids is 3. The third-order valence-corrected chi connectivity index (χ3v) is 3.93. The molecule has 1 aromatic rings. The van der Waals surface area contributed by atoms with E-state index in [1.165, 1.54) is 14.0 Å². The molecule has 0 saturated heterocycles. The maximum Gasteiger partial charge on any atom is 0.328 e. The SMILES string of the molecule is COC(=O)[C@@H](Cc1cccc(Br)c1)NC(=O)[C@H](NC(C)=O)C(C)C. The lowest BCUT2D eigenvalue weighted by molar-refractivity contribution is -0.145. The van der Waals surface area contributed by atoms with Crippen molar-refractivity contribution < 1.29 is 19.1 Å². The number of nitrogens with one attached hydrogen (secondary N) is 2. The quantitative estimate of drug-likeness (QED) is 0.685. The van der Waals surface area contributed by atoms with E-state index < -0.39 is 24.0 Å². The van der Waals surface area contributed by atoms with Crippen LogP contribution in [0.2, 0.25) is 0 Å². The van der Waals surface area contributed by atoms with Crippen LogP contribution in [0.15, 0.2) is 28.7 Å². The van der Waals surface area contributed by atoms with Crippen LogP contribution in [0.4, 0.5) is 0 Å². The second-order valence-electron chi connectivity index (χ2n) is 5.84. The van der Waals surface area contributed by atoms with Crippen molar-refractivity contribution in [2.24, 2.45) is 5.92 Å². The molecule has 0 heterocycles. The zero-order valence-corrected chi connectivity index (χ0v) is 15.8. The molecule has 0 radical (unpaired) electrons. The molecule has 0 aliphatic carbocycles. The molecule has 132 valence electrons. The number of amides is 2. The first-order valence-electron chi connectivity index (χ1n) is 7.64. The Morgan fingerprint density at radius 3 is 2.38 bits per heavy atom. The van der Waals surface area contributed by atoms with Gasteiger partial charge < -0.3 is 15.4 Å². The molecule has 2 atom stereocenters. The fraction of sp³-hybridized carbons (Fsp3) is 0.471. The fourth-order valence-electron chi connectivity index (χ4n) is 2.25. The Morgan fingerprint density at radius 1 is 1.21 bits per heavy atom. The van der Waals surface area contributed by atoms with Crippen LogP contribution in [0, 0.1) is 5.92 Å². The summed E-state index contributed by atoms with van der Waals surface area (Å²) in [5.74, 6) is -1.36. The van der Waals surface area contributed by atoms with Crippen LogP contribution >= 0.6 is 15.9 Å². The molecule has 6 nitrogen and oxygen atoms in total. The first-order chi connectivity index (χ1) is 11.2. The van der Waals surface area contributed by atoms with Gasteiger partial charge >= 0.3 is 5.97 Å². The van der Waals surface area contributed by atoms with E-state index in [4.69, 9.17) is 4.74 Å². The maximum atomic E-state index is 12.5. The zero-order valence-electron chi connectivity index (χ0n) is 14.3. The molecule has 0 bridgehead atoms. The van der Waals surface area contributed by atoms with Crippen LogP contribution < -0.4 is 10.6 Å². The van der Waals surface area contributed by atoms with Crippen LogP contribution in [-0.2, 0) is 25.5 Å². The Labute approximate surface area is 150 Å². The Morgan fingerprint density at radius 2 is 1.88 bits per heavy atom. The number of carbonyl (C=O) groups is 3. The number of esters is 1. The Hall–Kier alpha value is -1.89. The van der Waals surface area contributed by atoms with Crippen LogP contribution in [0.5, 0.6) is 0 Å². The van der Waals surface area contributed by atoms with Crippen molar-refractivity contribution in [2.45, 2.75) is 39.3 Å². The molecule has 0 spiro atoms. The highest BCUT2D eigenvalue weighted by atomic mass is 79.9. The number of hydrogen-bond donors (Lipinski definition) is 2. The number of ether oxygens (including phenoxy) is 1. The largest absolute Gasteiger partial charge is 0.467 e. The van der Waals surface area contributed by atoms with E-state index in [1.807, 2.05) is 38.1 Å². The van der Waals surface area contributed by atoms with Gasteiger partial charge in [0.1, 0.15) is 12.1 Å². The summed E-state index contributed by atoms with van der Waals surface area (Å²) >= 11 is 3.38. The first kappa shape index (κ1) is 20.2. The predicted octanol–water partition coefficient (Wildman–Crippen LogP) is 1.81. The van der Waals surface area contributed by atoms with Crippen LogP contribution in [0.3, 0.4) is 0 Å². The van der Waals surface area contributed by atoms with Crippen molar-refractivity contribution in [2.75, 3.05) is 7.11 Å². The van der Waals surface area contributed by atoms with Gasteiger partial charge in [0.25, 0.3) is 0 Å². The summed E-state index contributed by atoms with van der Waals surface area (Å²) in [6.45, 7) is 4.99. The molecule has 24 heavy (non-hydrogen) atoms. The van der Waals surface area contributed by atoms with Crippen LogP contribution in [0.1, 0.15) is 26.3 Å². The number of hydrogen-bond acceptors (Lipinski definition) is 4. The van der Waals surface area contributed by atoms with E-state index >= 15 is 0 Å². The number of rotatable bonds is 7. The topological polar surface area (TPSA) is 84.5 Å². The van der Waals surface area contributed by atoms with Gasteiger partial charge in [-0.25, -0.2) is 4.79 Å². The minimum Gasteiger partial charge on any atom is -0.467 e. The van der Waals surface area contributed by atoms with E-state index in [9.17, 15) is 14.4 Å². The highest BCUT2D eigenvalue weighted by Crippen LogP contribution is 2.14. The normalized spacial score (nSPS) is 13.1. The van der Waals surface area contributed by atoms with Gasteiger partial charge in [-0.3, -0.25) is 9.59 Å². The van der Waals surface area contributed by atoms with Gasteiger partial charge in [-0.05, 0) is 23.6 Å². The predicted molar refractivity (Wildman–Crippen MR) is 94.2 cm³/mol. The average Bonchev–Trinajstić information content (AvgIpc) is 2.50.